The highest BCUT2D eigenvalue weighted by molar-refractivity contribution is 6.12. The predicted molar refractivity (Wildman–Crippen MR) is 65.5 cm³/mol. The zero-order chi connectivity index (χ0) is 12.0. The third-order valence-corrected chi connectivity index (χ3v) is 2.10. The lowest BCUT2D eigenvalue weighted by molar-refractivity contribution is 0.103. The minimum Gasteiger partial charge on any atom is -0.507 e. The first-order valence-electron chi connectivity index (χ1n) is 4.98. The molecule has 0 radical (unpaired) electrons. The molecule has 0 saturated heterocycles. The van der Waals surface area contributed by atoms with Crippen LogP contribution in [-0.2, 0) is 0 Å². The highest BCUT2D eigenvalue weighted by atomic mass is 16.3. The third-order valence-electron chi connectivity index (χ3n) is 2.10. The second kappa shape index (κ2) is 5.71. The van der Waals surface area contributed by atoms with Crippen molar-refractivity contribution in [1.29, 1.82) is 0 Å². The van der Waals surface area contributed by atoms with Crippen LogP contribution in [0.2, 0.25) is 0 Å². The molecule has 0 atom stereocenters. The number of hydrogen-bond donors (Lipinski definition) is 1. The number of carbonyl (C=O) groups excluding carboxylic acids is 1. The Kier molecular flexibility index (Phi) is 4.28. The van der Waals surface area contributed by atoms with Crippen molar-refractivity contribution in [1.82, 2.24) is 0 Å². The van der Waals surface area contributed by atoms with Gasteiger partial charge < -0.3 is 5.11 Å². The van der Waals surface area contributed by atoms with Gasteiger partial charge in [0.25, 0.3) is 0 Å². The molecule has 1 aromatic carbocycles. The number of phenolic OH excluding ortho intramolecular Hbond substituents is 1. The highest BCUT2D eigenvalue weighted by Crippen LogP contribution is 2.19. The highest BCUT2D eigenvalue weighted by Gasteiger charge is 2.12. The van der Waals surface area contributed by atoms with Crippen LogP contribution in [0.25, 0.3) is 0 Å². The quantitative estimate of drug-likeness (QED) is 0.474. The lowest BCUT2D eigenvalue weighted by Gasteiger charge is -2.03. The number of Topliss-reactive ketones (excluding diaryl/α,β-unsaturated/α-hetero) is 1. The zero-order valence-corrected chi connectivity index (χ0v) is 9.18. The van der Waals surface area contributed by atoms with Crippen LogP contribution in [0.4, 0.5) is 0 Å². The Morgan fingerprint density at radius 2 is 2.06 bits per heavy atom. The number of allylic oxidation sites excluding steroid dienone is 5. The maximum atomic E-state index is 12.0. The van der Waals surface area contributed by atoms with E-state index in [9.17, 15) is 9.90 Å². The molecule has 0 saturated carbocycles. The summed E-state index contributed by atoms with van der Waals surface area (Å²) < 4.78 is 0. The first kappa shape index (κ1) is 12.0. The normalized spacial score (nSPS) is 11.7. The number of benzene rings is 1. The molecule has 82 valence electrons. The van der Waals surface area contributed by atoms with E-state index in [0.717, 1.165) is 0 Å². The molecule has 0 unspecified atom stereocenters. The van der Waals surface area contributed by atoms with Crippen LogP contribution in [0.5, 0.6) is 5.75 Å². The molecule has 0 bridgehead atoms. The molecule has 0 aliphatic heterocycles. The molecule has 1 N–H and O–H groups in total. The fourth-order valence-electron chi connectivity index (χ4n) is 1.26. The molecule has 0 spiro atoms. The topological polar surface area (TPSA) is 37.3 Å². The number of carbonyl (C=O) groups is 1. The van der Waals surface area contributed by atoms with Crippen molar-refractivity contribution >= 4 is 5.78 Å². The number of phenols is 1. The fraction of sp³-hybridized carbons (Fsp3) is 0.0714. The van der Waals surface area contributed by atoms with Gasteiger partial charge in [-0.05, 0) is 19.1 Å². The molecule has 2 heteroatoms. The van der Waals surface area contributed by atoms with E-state index in [-0.39, 0.29) is 17.1 Å². The maximum Gasteiger partial charge on any atom is 0.196 e. The number of ketones is 1. The third kappa shape index (κ3) is 2.70. The van der Waals surface area contributed by atoms with Crippen LogP contribution in [-0.4, -0.2) is 10.9 Å². The first-order chi connectivity index (χ1) is 7.70. The van der Waals surface area contributed by atoms with E-state index >= 15 is 0 Å². The van der Waals surface area contributed by atoms with Crippen molar-refractivity contribution in [2.75, 3.05) is 0 Å². The van der Waals surface area contributed by atoms with Gasteiger partial charge in [0.1, 0.15) is 5.75 Å². The summed E-state index contributed by atoms with van der Waals surface area (Å²) in [5.41, 5.74) is 0.748. The van der Waals surface area contributed by atoms with E-state index in [1.54, 1.807) is 30.4 Å². The molecule has 2 nitrogen and oxygen atoms in total. The average Bonchev–Trinajstić information content (AvgIpc) is 2.30. The molecule has 1 rings (SSSR count). The van der Waals surface area contributed by atoms with Crippen molar-refractivity contribution < 1.29 is 9.90 Å². The largest absolute Gasteiger partial charge is 0.507 e. The smallest absolute Gasteiger partial charge is 0.196 e. The summed E-state index contributed by atoms with van der Waals surface area (Å²) in [5, 5.41) is 9.55. The van der Waals surface area contributed by atoms with E-state index < -0.39 is 0 Å². The Morgan fingerprint density at radius 1 is 1.38 bits per heavy atom. The van der Waals surface area contributed by atoms with Gasteiger partial charge in [-0.15, -0.1) is 0 Å². The van der Waals surface area contributed by atoms with E-state index in [0.29, 0.717) is 5.57 Å². The van der Waals surface area contributed by atoms with Gasteiger partial charge in [-0.25, -0.2) is 0 Å². The molecule has 0 aliphatic carbocycles. The van der Waals surface area contributed by atoms with Crippen LogP contribution in [0.1, 0.15) is 17.3 Å². The second-order valence-electron chi connectivity index (χ2n) is 3.20. The molecule has 0 aromatic heterocycles. The predicted octanol–water partition coefficient (Wildman–Crippen LogP) is 3.26. The van der Waals surface area contributed by atoms with E-state index in [1.165, 1.54) is 12.1 Å². The van der Waals surface area contributed by atoms with Crippen LogP contribution < -0.4 is 0 Å². The van der Waals surface area contributed by atoms with Crippen molar-refractivity contribution in [3.05, 3.63) is 66.3 Å². The van der Waals surface area contributed by atoms with Crippen molar-refractivity contribution in [2.24, 2.45) is 0 Å². The van der Waals surface area contributed by atoms with Gasteiger partial charge >= 0.3 is 0 Å². The van der Waals surface area contributed by atoms with Gasteiger partial charge in [0.15, 0.2) is 5.78 Å². The Labute approximate surface area is 95.2 Å². The summed E-state index contributed by atoms with van der Waals surface area (Å²) in [5.74, 6) is -0.244. The van der Waals surface area contributed by atoms with Crippen molar-refractivity contribution in [2.45, 2.75) is 6.92 Å². The van der Waals surface area contributed by atoms with Gasteiger partial charge in [0, 0.05) is 5.57 Å². The van der Waals surface area contributed by atoms with Gasteiger partial charge in [-0.2, -0.15) is 0 Å². The summed E-state index contributed by atoms with van der Waals surface area (Å²) in [7, 11) is 0. The van der Waals surface area contributed by atoms with E-state index in [2.05, 4.69) is 6.58 Å². The van der Waals surface area contributed by atoms with Crippen molar-refractivity contribution in [3.63, 3.8) is 0 Å². The van der Waals surface area contributed by atoms with Crippen LogP contribution in [0.3, 0.4) is 0 Å². The molecule has 1 aromatic rings. The Hall–Kier alpha value is -2.09. The molecule has 0 heterocycles. The minimum atomic E-state index is -0.230. The van der Waals surface area contributed by atoms with E-state index in [1.807, 2.05) is 13.0 Å². The number of hydrogen-bond acceptors (Lipinski definition) is 2. The Balaban J connectivity index is 3.10. The summed E-state index contributed by atoms with van der Waals surface area (Å²) in [6.07, 6.45) is 6.73. The van der Waals surface area contributed by atoms with Gasteiger partial charge in [-0.3, -0.25) is 4.79 Å². The standard InChI is InChI=1S/C14H14O2/c1-3-5-8-11(4-2)14(16)12-9-6-7-10-13(12)15/h3-10,15H,2H2,1H3/b5-3-,11-8+. The second-order valence-corrected chi connectivity index (χ2v) is 3.20. The number of para-hydroxylation sites is 1. The molecule has 16 heavy (non-hydrogen) atoms. The first-order valence-corrected chi connectivity index (χ1v) is 4.98. The van der Waals surface area contributed by atoms with Gasteiger partial charge in [0.2, 0.25) is 0 Å². The molecule has 0 aliphatic rings. The summed E-state index contributed by atoms with van der Waals surface area (Å²) in [6.45, 7) is 5.45. The zero-order valence-electron chi connectivity index (χ0n) is 9.18. The molecule has 0 fully saturated rings. The number of aromatic hydroxyl groups is 1. The lowest BCUT2D eigenvalue weighted by Crippen LogP contribution is -2.01. The van der Waals surface area contributed by atoms with Gasteiger partial charge in [-0.1, -0.05) is 43.0 Å². The van der Waals surface area contributed by atoms with Crippen LogP contribution in [0.15, 0.2) is 60.7 Å². The summed E-state index contributed by atoms with van der Waals surface area (Å²) in [6, 6.07) is 6.47. The minimum absolute atomic E-state index is 0.0132. The average molecular weight is 214 g/mol. The van der Waals surface area contributed by atoms with E-state index in [4.69, 9.17) is 0 Å². The fourth-order valence-corrected chi connectivity index (χ4v) is 1.26. The monoisotopic (exact) mass is 214 g/mol. The maximum absolute atomic E-state index is 12.0. The van der Waals surface area contributed by atoms with Crippen LogP contribution >= 0.6 is 0 Å². The number of rotatable bonds is 4. The lowest BCUT2D eigenvalue weighted by atomic mass is 10.0. The molecule has 0 amide bonds. The molecular formula is C14H14O2. The van der Waals surface area contributed by atoms with Crippen LogP contribution in [0, 0.1) is 0 Å². The summed E-state index contributed by atoms with van der Waals surface area (Å²) in [4.78, 5) is 12.0. The Morgan fingerprint density at radius 3 is 2.62 bits per heavy atom. The SMILES string of the molecule is C=C/C(=C\C=C/C)C(=O)c1ccccc1O. The Bertz CT molecular complexity index is 454. The summed E-state index contributed by atoms with van der Waals surface area (Å²) >= 11 is 0. The van der Waals surface area contributed by atoms with Gasteiger partial charge in [0.05, 0.1) is 5.56 Å². The van der Waals surface area contributed by atoms with Crippen molar-refractivity contribution in [3.8, 4) is 5.75 Å². The molecular weight excluding hydrogens is 200 g/mol.